The summed E-state index contributed by atoms with van der Waals surface area (Å²) in [4.78, 5) is 20.4. The lowest BCUT2D eigenvalue weighted by molar-refractivity contribution is -0.122. The molecule has 22 heavy (non-hydrogen) atoms. The summed E-state index contributed by atoms with van der Waals surface area (Å²) >= 11 is 3.38. The number of hydrogen-bond acceptors (Lipinski definition) is 4. The maximum absolute atomic E-state index is 11.7. The van der Waals surface area contributed by atoms with Gasteiger partial charge in [-0.25, -0.2) is 9.97 Å². The number of aromatic nitrogens is 3. The highest BCUT2D eigenvalue weighted by atomic mass is 79.9. The Bertz CT molecular complexity index is 906. The normalized spacial score (nSPS) is 17.0. The van der Waals surface area contributed by atoms with E-state index >= 15 is 0 Å². The maximum Gasteiger partial charge on any atom is 0.265 e. The first-order valence-electron chi connectivity index (χ1n) is 6.72. The summed E-state index contributed by atoms with van der Waals surface area (Å²) in [6, 6.07) is 5.61. The number of amides is 1. The molecule has 0 fully saturated rings. The van der Waals surface area contributed by atoms with Crippen LogP contribution in [-0.2, 0) is 4.79 Å². The van der Waals surface area contributed by atoms with Crippen molar-refractivity contribution in [1.82, 2.24) is 14.4 Å². The number of halogens is 1. The van der Waals surface area contributed by atoms with Crippen LogP contribution in [0.3, 0.4) is 0 Å². The molecule has 6 nitrogen and oxygen atoms in total. The fourth-order valence-corrected chi connectivity index (χ4v) is 2.69. The van der Waals surface area contributed by atoms with Gasteiger partial charge in [-0.3, -0.25) is 9.20 Å². The Hall–Kier alpha value is -2.41. The third-order valence-corrected chi connectivity index (χ3v) is 3.89. The monoisotopic (exact) mass is 358 g/mol. The molecule has 4 rings (SSSR count). The molecule has 0 aliphatic carbocycles. The van der Waals surface area contributed by atoms with Crippen molar-refractivity contribution in [3.63, 3.8) is 0 Å². The quantitative estimate of drug-likeness (QED) is 0.726. The number of fused-ring (bicyclic) bond motifs is 2. The number of rotatable bonds is 1. The third-order valence-electron chi connectivity index (χ3n) is 3.48. The first-order chi connectivity index (χ1) is 10.6. The van der Waals surface area contributed by atoms with Crippen LogP contribution < -0.4 is 10.1 Å². The molecule has 110 valence electrons. The van der Waals surface area contributed by atoms with Gasteiger partial charge in [0.05, 0.1) is 15.9 Å². The molecule has 7 heteroatoms. The molecule has 1 unspecified atom stereocenters. The smallest absolute Gasteiger partial charge is 0.265 e. The van der Waals surface area contributed by atoms with Gasteiger partial charge in [0.15, 0.2) is 6.10 Å². The zero-order valence-electron chi connectivity index (χ0n) is 11.6. The standard InChI is InChI=1S/C15H11BrN4O2/c1-8-14(21)18-11-4-9(2-3-13(11)22-8)12-7-20-6-10(16)5-17-15(20)19-12/h2-8H,1H3,(H,18,21). The number of benzene rings is 1. The molecule has 3 heterocycles. The molecule has 1 aliphatic heterocycles. The Morgan fingerprint density at radius 1 is 1.36 bits per heavy atom. The lowest BCUT2D eigenvalue weighted by Crippen LogP contribution is -2.34. The minimum atomic E-state index is -0.477. The summed E-state index contributed by atoms with van der Waals surface area (Å²) in [5.74, 6) is 1.13. The van der Waals surface area contributed by atoms with Crippen molar-refractivity contribution in [1.29, 1.82) is 0 Å². The molecule has 1 amide bonds. The second-order valence-corrected chi connectivity index (χ2v) is 5.98. The summed E-state index contributed by atoms with van der Waals surface area (Å²) in [5, 5.41) is 2.84. The molecule has 1 N–H and O–H groups in total. The molecule has 0 saturated heterocycles. The molecular formula is C15H11BrN4O2. The van der Waals surface area contributed by atoms with E-state index in [4.69, 9.17) is 4.74 Å². The highest BCUT2D eigenvalue weighted by Gasteiger charge is 2.23. The zero-order valence-corrected chi connectivity index (χ0v) is 13.2. The number of nitrogens with one attached hydrogen (secondary N) is 1. The van der Waals surface area contributed by atoms with Crippen LogP contribution in [0.4, 0.5) is 5.69 Å². The number of nitrogens with zero attached hydrogens (tertiary/aromatic N) is 3. The van der Waals surface area contributed by atoms with Crippen LogP contribution in [0.1, 0.15) is 6.92 Å². The Kier molecular flexibility index (Phi) is 2.90. The van der Waals surface area contributed by atoms with E-state index in [0.717, 1.165) is 15.7 Å². The summed E-state index contributed by atoms with van der Waals surface area (Å²) in [6.45, 7) is 1.72. The Labute approximate surface area is 134 Å². The van der Waals surface area contributed by atoms with Crippen LogP contribution >= 0.6 is 15.9 Å². The van der Waals surface area contributed by atoms with Gasteiger partial charge in [-0.05, 0) is 41.1 Å². The Morgan fingerprint density at radius 2 is 2.23 bits per heavy atom. The van der Waals surface area contributed by atoms with E-state index in [1.54, 1.807) is 13.1 Å². The average molecular weight is 359 g/mol. The molecule has 0 bridgehead atoms. The fourth-order valence-electron chi connectivity index (χ4n) is 2.37. The summed E-state index contributed by atoms with van der Waals surface area (Å²) in [7, 11) is 0. The van der Waals surface area contributed by atoms with Gasteiger partial charge in [0.25, 0.3) is 5.91 Å². The van der Waals surface area contributed by atoms with E-state index in [1.807, 2.05) is 35.0 Å². The van der Waals surface area contributed by atoms with Crippen LogP contribution in [0.15, 0.2) is 41.3 Å². The lowest BCUT2D eigenvalue weighted by Gasteiger charge is -2.23. The minimum Gasteiger partial charge on any atom is -0.479 e. The first-order valence-corrected chi connectivity index (χ1v) is 7.52. The van der Waals surface area contributed by atoms with E-state index in [9.17, 15) is 4.79 Å². The Morgan fingerprint density at radius 3 is 3.09 bits per heavy atom. The van der Waals surface area contributed by atoms with E-state index in [1.165, 1.54) is 0 Å². The van der Waals surface area contributed by atoms with Crippen LogP contribution in [0, 0.1) is 0 Å². The van der Waals surface area contributed by atoms with Gasteiger partial charge in [-0.2, -0.15) is 0 Å². The van der Waals surface area contributed by atoms with Gasteiger partial charge in [-0.1, -0.05) is 0 Å². The van der Waals surface area contributed by atoms with Crippen molar-refractivity contribution in [2.75, 3.05) is 5.32 Å². The largest absolute Gasteiger partial charge is 0.479 e. The molecule has 0 saturated carbocycles. The highest BCUT2D eigenvalue weighted by Crippen LogP contribution is 2.33. The number of carbonyl (C=O) groups is 1. The molecular weight excluding hydrogens is 348 g/mol. The van der Waals surface area contributed by atoms with Crippen LogP contribution in [-0.4, -0.2) is 26.4 Å². The first kappa shape index (κ1) is 13.3. The number of ether oxygens (including phenoxy) is 1. The molecule has 3 aromatic rings. The van der Waals surface area contributed by atoms with Crippen LogP contribution in [0.2, 0.25) is 0 Å². The van der Waals surface area contributed by atoms with Gasteiger partial charge in [0, 0.05) is 24.2 Å². The van der Waals surface area contributed by atoms with Gasteiger partial charge in [0.2, 0.25) is 5.78 Å². The van der Waals surface area contributed by atoms with Gasteiger partial charge < -0.3 is 10.1 Å². The molecule has 1 aromatic carbocycles. The number of imidazole rings is 1. The van der Waals surface area contributed by atoms with E-state index < -0.39 is 6.10 Å². The second-order valence-electron chi connectivity index (χ2n) is 5.07. The molecule has 2 aromatic heterocycles. The van der Waals surface area contributed by atoms with Crippen molar-refractivity contribution >= 4 is 33.3 Å². The van der Waals surface area contributed by atoms with Crippen molar-refractivity contribution in [3.05, 3.63) is 41.3 Å². The molecule has 1 aliphatic rings. The molecule has 1 atom stereocenters. The van der Waals surface area contributed by atoms with Crippen molar-refractivity contribution in [3.8, 4) is 17.0 Å². The predicted octanol–water partition coefficient (Wildman–Crippen LogP) is 2.88. The van der Waals surface area contributed by atoms with Crippen molar-refractivity contribution in [2.45, 2.75) is 13.0 Å². The van der Waals surface area contributed by atoms with Gasteiger partial charge in [-0.15, -0.1) is 0 Å². The average Bonchev–Trinajstić information content (AvgIpc) is 2.91. The van der Waals surface area contributed by atoms with Crippen LogP contribution in [0.5, 0.6) is 5.75 Å². The second kappa shape index (κ2) is 4.81. The zero-order chi connectivity index (χ0) is 15.3. The molecule has 0 spiro atoms. The highest BCUT2D eigenvalue weighted by molar-refractivity contribution is 9.10. The maximum atomic E-state index is 11.7. The number of anilines is 1. The van der Waals surface area contributed by atoms with E-state index in [-0.39, 0.29) is 5.91 Å². The SMILES string of the molecule is CC1Oc2ccc(-c3cn4cc(Br)cnc4n3)cc2NC1=O. The number of carbonyl (C=O) groups excluding carboxylic acids is 1. The van der Waals surface area contributed by atoms with E-state index in [2.05, 4.69) is 31.2 Å². The Balaban J connectivity index is 1.78. The molecule has 0 radical (unpaired) electrons. The summed E-state index contributed by atoms with van der Waals surface area (Å²) < 4.78 is 8.28. The predicted molar refractivity (Wildman–Crippen MR) is 84.8 cm³/mol. The fraction of sp³-hybridized carbons (Fsp3) is 0.133. The number of hydrogen-bond donors (Lipinski definition) is 1. The topological polar surface area (TPSA) is 68.5 Å². The van der Waals surface area contributed by atoms with Crippen molar-refractivity contribution < 1.29 is 9.53 Å². The van der Waals surface area contributed by atoms with Crippen LogP contribution in [0.25, 0.3) is 17.0 Å². The van der Waals surface area contributed by atoms with Gasteiger partial charge in [0.1, 0.15) is 5.75 Å². The minimum absolute atomic E-state index is 0.148. The lowest BCUT2D eigenvalue weighted by atomic mass is 10.1. The van der Waals surface area contributed by atoms with E-state index in [0.29, 0.717) is 17.2 Å². The summed E-state index contributed by atoms with van der Waals surface area (Å²) in [5.41, 5.74) is 2.33. The summed E-state index contributed by atoms with van der Waals surface area (Å²) in [6.07, 6.45) is 5.01. The third kappa shape index (κ3) is 2.14. The van der Waals surface area contributed by atoms with Gasteiger partial charge >= 0.3 is 0 Å². The van der Waals surface area contributed by atoms with Crippen molar-refractivity contribution in [2.24, 2.45) is 0 Å².